The van der Waals surface area contributed by atoms with E-state index in [0.717, 1.165) is 6.42 Å². The van der Waals surface area contributed by atoms with Gasteiger partial charge in [-0.2, -0.15) is 0 Å². The predicted octanol–water partition coefficient (Wildman–Crippen LogP) is 2.64. The molecule has 1 N–H and O–H groups in total. The minimum atomic E-state index is -0.496. The van der Waals surface area contributed by atoms with Gasteiger partial charge in [-0.3, -0.25) is 4.79 Å². The van der Waals surface area contributed by atoms with E-state index in [0.29, 0.717) is 13.0 Å². The first-order valence-corrected chi connectivity index (χ1v) is 6.61. The van der Waals surface area contributed by atoms with Crippen LogP contribution >= 0.6 is 34.8 Å². The number of piperidine rings is 1. The third kappa shape index (κ3) is 2.72. The fraction of sp³-hybridized carbons (Fsp3) is 0.455. The Morgan fingerprint density at radius 1 is 1.39 bits per heavy atom. The van der Waals surface area contributed by atoms with Gasteiger partial charge in [0, 0.05) is 19.3 Å². The van der Waals surface area contributed by atoms with Crippen LogP contribution in [-0.4, -0.2) is 40.1 Å². The zero-order valence-corrected chi connectivity index (χ0v) is 11.6. The number of hydrogen-bond donors (Lipinski definition) is 1. The summed E-state index contributed by atoms with van der Waals surface area (Å²) in [5.74, 6) is -0.336. The maximum atomic E-state index is 12.2. The van der Waals surface area contributed by atoms with Gasteiger partial charge in [0.25, 0.3) is 5.91 Å². The van der Waals surface area contributed by atoms with Crippen molar-refractivity contribution < 1.29 is 9.90 Å². The first-order chi connectivity index (χ1) is 8.50. The third-order valence-electron chi connectivity index (χ3n) is 2.80. The number of β-amino-alcohol motifs (C(OH)–C–C–N with tert-alkyl or cyclic N) is 1. The number of nitrogens with zero attached hydrogens (tertiary/aromatic N) is 2. The predicted molar refractivity (Wildman–Crippen MR) is 70.4 cm³/mol. The van der Waals surface area contributed by atoms with Crippen LogP contribution in [0.3, 0.4) is 0 Å². The fourth-order valence-corrected chi connectivity index (χ4v) is 2.44. The lowest BCUT2D eigenvalue weighted by Crippen LogP contribution is -2.42. The van der Waals surface area contributed by atoms with Crippen LogP contribution in [0.5, 0.6) is 0 Å². The van der Waals surface area contributed by atoms with E-state index in [1.807, 2.05) is 0 Å². The van der Waals surface area contributed by atoms with Gasteiger partial charge in [0.1, 0.15) is 5.69 Å². The lowest BCUT2D eigenvalue weighted by Gasteiger charge is -2.30. The highest BCUT2D eigenvalue weighted by Crippen LogP contribution is 2.31. The Labute approximate surface area is 119 Å². The molecule has 1 fully saturated rings. The molecule has 1 unspecified atom stereocenters. The summed E-state index contributed by atoms with van der Waals surface area (Å²) in [6, 6.07) is 0. The van der Waals surface area contributed by atoms with Crippen molar-refractivity contribution in [1.29, 1.82) is 0 Å². The van der Waals surface area contributed by atoms with E-state index in [2.05, 4.69) is 4.98 Å². The van der Waals surface area contributed by atoms with Gasteiger partial charge in [-0.1, -0.05) is 34.8 Å². The van der Waals surface area contributed by atoms with Crippen LogP contribution in [0.25, 0.3) is 0 Å². The Bertz CT molecular complexity index is 482. The Hall–Kier alpha value is -0.550. The lowest BCUT2D eigenvalue weighted by atomic mass is 10.1. The summed E-state index contributed by atoms with van der Waals surface area (Å²) >= 11 is 17.6. The van der Waals surface area contributed by atoms with Crippen molar-refractivity contribution >= 4 is 40.7 Å². The maximum absolute atomic E-state index is 12.2. The average molecular weight is 310 g/mol. The van der Waals surface area contributed by atoms with Crippen molar-refractivity contribution in [1.82, 2.24) is 9.88 Å². The number of rotatable bonds is 1. The van der Waals surface area contributed by atoms with E-state index in [1.54, 1.807) is 0 Å². The molecule has 0 saturated carbocycles. The van der Waals surface area contributed by atoms with Gasteiger partial charge >= 0.3 is 0 Å². The Balaban J connectivity index is 2.26. The second-order valence-electron chi connectivity index (χ2n) is 4.13. The van der Waals surface area contributed by atoms with Gasteiger partial charge < -0.3 is 10.0 Å². The molecule has 0 spiro atoms. The van der Waals surface area contributed by atoms with Crippen LogP contribution in [0.4, 0.5) is 0 Å². The molecule has 2 rings (SSSR count). The molecule has 4 nitrogen and oxygen atoms in total. The molecule has 0 radical (unpaired) electrons. The number of halogens is 3. The van der Waals surface area contributed by atoms with Gasteiger partial charge in [0.05, 0.1) is 21.2 Å². The molecule has 0 aromatic carbocycles. The van der Waals surface area contributed by atoms with E-state index >= 15 is 0 Å². The molecule has 1 amide bonds. The first kappa shape index (κ1) is 13.9. The van der Waals surface area contributed by atoms with Crippen LogP contribution in [0.15, 0.2) is 6.20 Å². The van der Waals surface area contributed by atoms with Gasteiger partial charge in [0.15, 0.2) is 0 Å². The van der Waals surface area contributed by atoms with Gasteiger partial charge in [-0.25, -0.2) is 4.98 Å². The van der Waals surface area contributed by atoms with Crippen molar-refractivity contribution in [3.8, 4) is 0 Å². The number of pyridine rings is 1. The molecule has 2 heterocycles. The van der Waals surface area contributed by atoms with Crippen molar-refractivity contribution in [2.24, 2.45) is 0 Å². The molecular formula is C11H11Cl3N2O2. The van der Waals surface area contributed by atoms with Crippen LogP contribution < -0.4 is 0 Å². The van der Waals surface area contributed by atoms with E-state index < -0.39 is 6.10 Å². The second-order valence-corrected chi connectivity index (χ2v) is 5.29. The normalized spacial score (nSPS) is 20.0. The SMILES string of the molecule is O=C(c1ncc(Cl)c(Cl)c1Cl)N1CCCC(O)C1. The van der Waals surface area contributed by atoms with Gasteiger partial charge in [-0.15, -0.1) is 0 Å². The van der Waals surface area contributed by atoms with Crippen molar-refractivity contribution in [3.05, 3.63) is 27.0 Å². The van der Waals surface area contributed by atoms with Crippen LogP contribution in [-0.2, 0) is 0 Å². The smallest absolute Gasteiger partial charge is 0.274 e. The molecule has 1 aromatic heterocycles. The highest BCUT2D eigenvalue weighted by Gasteiger charge is 2.26. The topological polar surface area (TPSA) is 53.4 Å². The number of likely N-dealkylation sites (tertiary alicyclic amines) is 1. The van der Waals surface area contributed by atoms with Crippen molar-refractivity contribution in [3.63, 3.8) is 0 Å². The molecule has 0 aliphatic carbocycles. The standard InChI is InChI=1S/C11H11Cl3N2O2/c12-7-4-15-10(9(14)8(7)13)11(18)16-3-1-2-6(17)5-16/h4,6,17H,1-3,5H2. The highest BCUT2D eigenvalue weighted by molar-refractivity contribution is 6.48. The quantitative estimate of drug-likeness (QED) is 0.867. The zero-order chi connectivity index (χ0) is 13.3. The van der Waals surface area contributed by atoms with Crippen molar-refractivity contribution in [2.75, 3.05) is 13.1 Å². The number of aliphatic hydroxyl groups is 1. The van der Waals surface area contributed by atoms with Crippen LogP contribution in [0, 0.1) is 0 Å². The van der Waals surface area contributed by atoms with E-state index in [4.69, 9.17) is 34.8 Å². The number of amides is 1. The van der Waals surface area contributed by atoms with Crippen LogP contribution in [0.1, 0.15) is 23.3 Å². The second kappa shape index (κ2) is 5.61. The molecule has 1 aliphatic heterocycles. The number of carbonyl (C=O) groups excluding carboxylic acids is 1. The molecule has 7 heteroatoms. The minimum Gasteiger partial charge on any atom is -0.391 e. The molecule has 18 heavy (non-hydrogen) atoms. The summed E-state index contributed by atoms with van der Waals surface area (Å²) in [6.45, 7) is 0.866. The molecule has 1 saturated heterocycles. The van der Waals surface area contributed by atoms with Gasteiger partial charge in [0.2, 0.25) is 0 Å². The molecule has 1 atom stereocenters. The molecule has 1 aromatic rings. The van der Waals surface area contributed by atoms with E-state index in [9.17, 15) is 9.90 Å². The molecule has 1 aliphatic rings. The number of aromatic nitrogens is 1. The minimum absolute atomic E-state index is 0.0502. The Morgan fingerprint density at radius 2 is 2.11 bits per heavy atom. The molecule has 98 valence electrons. The average Bonchev–Trinajstić information content (AvgIpc) is 2.35. The zero-order valence-electron chi connectivity index (χ0n) is 9.37. The first-order valence-electron chi connectivity index (χ1n) is 5.47. The summed E-state index contributed by atoms with van der Waals surface area (Å²) in [5.41, 5.74) is 0.0696. The van der Waals surface area contributed by atoms with E-state index in [-0.39, 0.29) is 33.2 Å². The summed E-state index contributed by atoms with van der Waals surface area (Å²) in [4.78, 5) is 17.6. The van der Waals surface area contributed by atoms with Crippen LogP contribution in [0.2, 0.25) is 15.1 Å². The lowest BCUT2D eigenvalue weighted by molar-refractivity contribution is 0.0469. The summed E-state index contributed by atoms with van der Waals surface area (Å²) < 4.78 is 0. The van der Waals surface area contributed by atoms with Crippen molar-refractivity contribution in [2.45, 2.75) is 18.9 Å². The number of carbonyl (C=O) groups is 1. The fourth-order valence-electron chi connectivity index (χ4n) is 1.88. The summed E-state index contributed by atoms with van der Waals surface area (Å²) in [5, 5.41) is 9.92. The monoisotopic (exact) mass is 308 g/mol. The molecular weight excluding hydrogens is 298 g/mol. The number of aliphatic hydroxyl groups excluding tert-OH is 1. The Kier molecular flexibility index (Phi) is 4.33. The molecule has 0 bridgehead atoms. The highest BCUT2D eigenvalue weighted by atomic mass is 35.5. The van der Waals surface area contributed by atoms with Gasteiger partial charge in [-0.05, 0) is 12.8 Å². The largest absolute Gasteiger partial charge is 0.391 e. The Morgan fingerprint density at radius 3 is 2.78 bits per heavy atom. The number of hydrogen-bond acceptors (Lipinski definition) is 3. The summed E-state index contributed by atoms with van der Waals surface area (Å²) in [6.07, 6.45) is 2.26. The maximum Gasteiger partial charge on any atom is 0.274 e. The van der Waals surface area contributed by atoms with E-state index in [1.165, 1.54) is 11.1 Å². The summed E-state index contributed by atoms with van der Waals surface area (Å²) in [7, 11) is 0. The third-order valence-corrected chi connectivity index (χ3v) is 4.04.